The molecule has 0 saturated carbocycles. The van der Waals surface area contributed by atoms with E-state index in [0.717, 1.165) is 44.9 Å². The van der Waals surface area contributed by atoms with E-state index in [4.69, 9.17) is 24.3 Å². The van der Waals surface area contributed by atoms with Gasteiger partial charge in [0, 0.05) is 19.6 Å². The number of nitrogens with two attached hydrogens (primary N) is 1. The second kappa shape index (κ2) is 35.3. The van der Waals surface area contributed by atoms with Crippen molar-refractivity contribution < 1.29 is 32.8 Å². The Bertz CT molecular complexity index is 762. The SMILES string of the molecule is CCCCCC/C=C\C/C=C\CCCCCCCCOCC(COP(=O)(O)OCCN)OC(=O)CCCCCCCCCCCC. The van der Waals surface area contributed by atoms with Crippen molar-refractivity contribution in [2.75, 3.05) is 33.0 Å². The molecule has 0 spiro atoms. The van der Waals surface area contributed by atoms with E-state index in [-0.39, 0.29) is 32.3 Å². The summed E-state index contributed by atoms with van der Waals surface area (Å²) >= 11 is 0. The minimum atomic E-state index is -4.27. The van der Waals surface area contributed by atoms with Crippen LogP contribution in [0.25, 0.3) is 0 Å². The summed E-state index contributed by atoms with van der Waals surface area (Å²) in [5.41, 5.74) is 5.34. The number of phosphoric acid groups is 1. The third-order valence-electron chi connectivity index (χ3n) is 7.87. The van der Waals surface area contributed by atoms with Gasteiger partial charge in [0.1, 0.15) is 6.10 Å². The standard InChI is InChI=1S/C37H72NO7P/c1-3-5-7-9-11-13-15-16-17-18-19-20-21-23-25-27-29-32-42-34-36(35-44-46(40,41)43-33-31-38)45-37(39)30-28-26-24-22-14-12-10-8-6-4-2/h13,15,17-18,36H,3-12,14,16,19-35,38H2,1-2H3,(H,40,41)/b15-13-,18-17-. The molecule has 2 unspecified atom stereocenters. The molecule has 0 aliphatic heterocycles. The van der Waals surface area contributed by atoms with Crippen molar-refractivity contribution in [2.45, 2.75) is 174 Å². The monoisotopic (exact) mass is 674 g/mol. The van der Waals surface area contributed by atoms with Crippen molar-refractivity contribution in [3.8, 4) is 0 Å². The van der Waals surface area contributed by atoms with E-state index in [1.54, 1.807) is 0 Å². The zero-order chi connectivity index (χ0) is 33.8. The Hall–Kier alpha value is -1.02. The molecule has 0 aromatic rings. The number of allylic oxidation sites excluding steroid dienone is 4. The predicted molar refractivity (Wildman–Crippen MR) is 192 cm³/mol. The van der Waals surface area contributed by atoms with E-state index in [2.05, 4.69) is 38.2 Å². The Morgan fingerprint density at radius 3 is 1.72 bits per heavy atom. The number of rotatable bonds is 36. The minimum Gasteiger partial charge on any atom is -0.457 e. The fourth-order valence-electron chi connectivity index (χ4n) is 5.08. The zero-order valence-electron chi connectivity index (χ0n) is 29.8. The van der Waals surface area contributed by atoms with Crippen LogP contribution in [0.3, 0.4) is 0 Å². The number of carbonyl (C=O) groups is 1. The van der Waals surface area contributed by atoms with E-state index in [1.807, 2.05) is 0 Å². The lowest BCUT2D eigenvalue weighted by molar-refractivity contribution is -0.154. The Morgan fingerprint density at radius 1 is 0.652 bits per heavy atom. The van der Waals surface area contributed by atoms with Gasteiger partial charge in [-0.05, 0) is 44.9 Å². The first-order chi connectivity index (χ1) is 22.4. The molecule has 0 amide bonds. The van der Waals surface area contributed by atoms with Crippen LogP contribution in [0.4, 0.5) is 0 Å². The lowest BCUT2D eigenvalue weighted by atomic mass is 10.1. The number of phosphoric ester groups is 1. The van der Waals surface area contributed by atoms with E-state index < -0.39 is 13.9 Å². The largest absolute Gasteiger partial charge is 0.472 e. The maximum Gasteiger partial charge on any atom is 0.472 e. The first-order valence-corrected chi connectivity index (χ1v) is 20.3. The van der Waals surface area contributed by atoms with Crippen LogP contribution in [0, 0.1) is 0 Å². The first kappa shape index (κ1) is 45.0. The topological polar surface area (TPSA) is 117 Å². The fourth-order valence-corrected chi connectivity index (χ4v) is 5.85. The van der Waals surface area contributed by atoms with Gasteiger partial charge < -0.3 is 20.1 Å². The molecule has 0 aromatic carbocycles. The molecule has 0 saturated heterocycles. The van der Waals surface area contributed by atoms with Gasteiger partial charge in [0.05, 0.1) is 19.8 Å². The van der Waals surface area contributed by atoms with Crippen LogP contribution in [-0.4, -0.2) is 49.9 Å². The average Bonchev–Trinajstić information content (AvgIpc) is 3.04. The molecule has 0 rings (SSSR count). The Morgan fingerprint density at radius 2 is 1.15 bits per heavy atom. The molecule has 9 heteroatoms. The molecular formula is C37H72NO7P. The maximum absolute atomic E-state index is 12.5. The molecule has 0 aromatic heterocycles. The van der Waals surface area contributed by atoms with Gasteiger partial charge in [-0.25, -0.2) is 4.57 Å². The second-order valence-corrected chi connectivity index (χ2v) is 13.9. The van der Waals surface area contributed by atoms with Gasteiger partial charge in [-0.1, -0.05) is 141 Å². The molecular weight excluding hydrogens is 601 g/mol. The first-order valence-electron chi connectivity index (χ1n) is 18.8. The Kier molecular flexibility index (Phi) is 34.5. The summed E-state index contributed by atoms with van der Waals surface area (Å²) in [7, 11) is -4.27. The van der Waals surface area contributed by atoms with Crippen molar-refractivity contribution in [1.29, 1.82) is 0 Å². The lowest BCUT2D eigenvalue weighted by Gasteiger charge is -2.20. The van der Waals surface area contributed by atoms with Gasteiger partial charge in [-0.3, -0.25) is 13.8 Å². The molecule has 2 atom stereocenters. The van der Waals surface area contributed by atoms with Crippen LogP contribution in [-0.2, 0) is 27.9 Å². The number of ether oxygens (including phenoxy) is 2. The van der Waals surface area contributed by atoms with Crippen LogP contribution >= 0.6 is 7.82 Å². The second-order valence-electron chi connectivity index (χ2n) is 12.4. The molecule has 0 aliphatic carbocycles. The summed E-state index contributed by atoms with van der Waals surface area (Å²) in [5, 5.41) is 0. The Labute approximate surface area is 283 Å². The molecule has 272 valence electrons. The number of esters is 1. The number of hydrogen-bond acceptors (Lipinski definition) is 7. The Balaban J connectivity index is 4.07. The van der Waals surface area contributed by atoms with E-state index in [9.17, 15) is 14.3 Å². The highest BCUT2D eigenvalue weighted by Crippen LogP contribution is 2.43. The van der Waals surface area contributed by atoms with Gasteiger partial charge in [0.2, 0.25) is 0 Å². The highest BCUT2D eigenvalue weighted by molar-refractivity contribution is 7.47. The van der Waals surface area contributed by atoms with Crippen molar-refractivity contribution >= 4 is 13.8 Å². The van der Waals surface area contributed by atoms with Crippen LogP contribution in [0.2, 0.25) is 0 Å². The minimum absolute atomic E-state index is 0.0962. The predicted octanol–water partition coefficient (Wildman–Crippen LogP) is 10.5. The normalized spacial score (nSPS) is 13.9. The summed E-state index contributed by atoms with van der Waals surface area (Å²) in [5.74, 6) is -0.337. The average molecular weight is 674 g/mol. The molecule has 3 N–H and O–H groups in total. The zero-order valence-corrected chi connectivity index (χ0v) is 30.7. The van der Waals surface area contributed by atoms with Crippen LogP contribution in [0.1, 0.15) is 168 Å². The van der Waals surface area contributed by atoms with Gasteiger partial charge >= 0.3 is 13.8 Å². The fraction of sp³-hybridized carbons (Fsp3) is 0.865. The molecule has 0 fully saturated rings. The van der Waals surface area contributed by atoms with E-state index >= 15 is 0 Å². The molecule has 0 heterocycles. The number of carbonyl (C=O) groups excluding carboxylic acids is 1. The van der Waals surface area contributed by atoms with Crippen molar-refractivity contribution in [3.05, 3.63) is 24.3 Å². The summed E-state index contributed by atoms with van der Waals surface area (Å²) in [6.07, 6.45) is 36.2. The van der Waals surface area contributed by atoms with Crippen molar-refractivity contribution in [3.63, 3.8) is 0 Å². The van der Waals surface area contributed by atoms with Crippen molar-refractivity contribution in [1.82, 2.24) is 0 Å². The third kappa shape index (κ3) is 34.3. The summed E-state index contributed by atoms with van der Waals surface area (Å²) in [6, 6.07) is 0. The quantitative estimate of drug-likeness (QED) is 0.0292. The summed E-state index contributed by atoms with van der Waals surface area (Å²) < 4.78 is 33.2. The summed E-state index contributed by atoms with van der Waals surface area (Å²) in [6.45, 7) is 4.87. The van der Waals surface area contributed by atoms with Crippen LogP contribution < -0.4 is 5.73 Å². The molecule has 0 bridgehead atoms. The molecule has 46 heavy (non-hydrogen) atoms. The smallest absolute Gasteiger partial charge is 0.457 e. The highest BCUT2D eigenvalue weighted by Gasteiger charge is 2.25. The maximum atomic E-state index is 12.5. The van der Waals surface area contributed by atoms with Gasteiger partial charge in [0.15, 0.2) is 0 Å². The summed E-state index contributed by atoms with van der Waals surface area (Å²) in [4.78, 5) is 22.3. The molecule has 0 aliphatic rings. The van der Waals surface area contributed by atoms with Gasteiger partial charge in [-0.2, -0.15) is 0 Å². The van der Waals surface area contributed by atoms with Gasteiger partial charge in [-0.15, -0.1) is 0 Å². The van der Waals surface area contributed by atoms with Crippen LogP contribution in [0.15, 0.2) is 24.3 Å². The van der Waals surface area contributed by atoms with Gasteiger partial charge in [0.25, 0.3) is 0 Å². The van der Waals surface area contributed by atoms with E-state index in [0.29, 0.717) is 13.0 Å². The van der Waals surface area contributed by atoms with E-state index in [1.165, 1.54) is 103 Å². The number of unbranched alkanes of at least 4 members (excludes halogenated alkanes) is 19. The molecule has 8 nitrogen and oxygen atoms in total. The third-order valence-corrected chi connectivity index (χ3v) is 8.86. The highest BCUT2D eigenvalue weighted by atomic mass is 31.2. The molecule has 0 radical (unpaired) electrons. The van der Waals surface area contributed by atoms with Crippen LogP contribution in [0.5, 0.6) is 0 Å². The number of hydrogen-bond donors (Lipinski definition) is 2. The lowest BCUT2D eigenvalue weighted by Crippen LogP contribution is -2.28. The van der Waals surface area contributed by atoms with Crippen molar-refractivity contribution in [2.24, 2.45) is 5.73 Å².